The van der Waals surface area contributed by atoms with E-state index < -0.39 is 0 Å². The summed E-state index contributed by atoms with van der Waals surface area (Å²) in [6.07, 6.45) is -0.124. The van der Waals surface area contributed by atoms with Crippen LogP contribution in [-0.2, 0) is 20.9 Å². The highest BCUT2D eigenvalue weighted by molar-refractivity contribution is 7.13. The molecular weight excluding hydrogens is 396 g/mol. The topological polar surface area (TPSA) is 44.8 Å². The Hall–Kier alpha value is -2.63. The van der Waals surface area contributed by atoms with Crippen molar-refractivity contribution in [1.29, 1.82) is 0 Å². The summed E-state index contributed by atoms with van der Waals surface area (Å²) in [6.45, 7) is 6.93. The van der Waals surface area contributed by atoms with Crippen LogP contribution < -0.4 is 4.74 Å². The van der Waals surface area contributed by atoms with Crippen LogP contribution in [0.25, 0.3) is 11.1 Å². The number of hydrogen-bond acceptors (Lipinski definition) is 5. The fraction of sp³-hybridized carbons (Fsp3) is 0.320. The Labute approximate surface area is 182 Å². The Bertz CT molecular complexity index is 972. The molecule has 0 aliphatic heterocycles. The van der Waals surface area contributed by atoms with Crippen molar-refractivity contribution < 1.29 is 19.0 Å². The van der Waals surface area contributed by atoms with E-state index in [4.69, 9.17) is 14.2 Å². The van der Waals surface area contributed by atoms with Crippen molar-refractivity contribution >= 4 is 17.3 Å². The van der Waals surface area contributed by atoms with Gasteiger partial charge in [0.25, 0.3) is 0 Å². The maximum Gasteiger partial charge on any atom is 0.308 e. The fourth-order valence-corrected chi connectivity index (χ4v) is 4.43. The average molecular weight is 425 g/mol. The third-order valence-electron chi connectivity index (χ3n) is 4.94. The molecule has 1 heterocycles. The Morgan fingerprint density at radius 1 is 1.03 bits per heavy atom. The van der Waals surface area contributed by atoms with E-state index in [2.05, 4.69) is 56.3 Å². The molecule has 0 saturated heterocycles. The molecule has 0 amide bonds. The minimum absolute atomic E-state index is 0.197. The van der Waals surface area contributed by atoms with E-state index in [1.54, 1.807) is 14.0 Å². The van der Waals surface area contributed by atoms with Crippen molar-refractivity contribution in [2.75, 3.05) is 13.7 Å². The summed E-state index contributed by atoms with van der Waals surface area (Å²) in [5, 5.41) is 0.799. The molecule has 0 fully saturated rings. The van der Waals surface area contributed by atoms with E-state index in [9.17, 15) is 4.79 Å². The van der Waals surface area contributed by atoms with E-state index in [1.807, 2.05) is 12.1 Å². The second-order valence-electron chi connectivity index (χ2n) is 7.15. The van der Waals surface area contributed by atoms with Gasteiger partial charge in [0.1, 0.15) is 12.7 Å². The Kier molecular flexibility index (Phi) is 7.66. The van der Waals surface area contributed by atoms with Crippen LogP contribution in [0.15, 0.2) is 54.6 Å². The second kappa shape index (κ2) is 10.4. The van der Waals surface area contributed by atoms with Gasteiger partial charge in [-0.05, 0) is 66.8 Å². The van der Waals surface area contributed by atoms with Gasteiger partial charge in [-0.1, -0.05) is 36.4 Å². The summed E-state index contributed by atoms with van der Waals surface area (Å²) in [4.78, 5) is 12.7. The molecule has 0 spiro atoms. The van der Waals surface area contributed by atoms with Crippen molar-refractivity contribution in [2.24, 2.45) is 0 Å². The molecule has 1 atom stereocenters. The van der Waals surface area contributed by atoms with Crippen LogP contribution in [-0.4, -0.2) is 19.7 Å². The first-order chi connectivity index (χ1) is 14.5. The second-order valence-corrected chi connectivity index (χ2v) is 8.22. The van der Waals surface area contributed by atoms with E-state index in [0.717, 1.165) is 15.5 Å². The molecule has 0 saturated carbocycles. The normalized spacial score (nSPS) is 11.9. The zero-order chi connectivity index (χ0) is 21.5. The maximum atomic E-state index is 11.8. The van der Waals surface area contributed by atoms with Crippen LogP contribution in [0, 0.1) is 13.8 Å². The number of methoxy groups -OCH3 is 1. The number of rotatable bonds is 9. The van der Waals surface area contributed by atoms with Crippen LogP contribution >= 0.6 is 11.3 Å². The van der Waals surface area contributed by atoms with Crippen molar-refractivity contribution in [1.82, 2.24) is 0 Å². The quantitative estimate of drug-likeness (QED) is 0.381. The molecule has 4 nitrogen and oxygen atoms in total. The SMILES string of the molecule is CCOC(=O)CC(OC)c1ccc(OCc2cccc(-c3c(C)cccc3C)c2)s1. The highest BCUT2D eigenvalue weighted by atomic mass is 32.1. The van der Waals surface area contributed by atoms with Crippen molar-refractivity contribution in [2.45, 2.75) is 39.9 Å². The Morgan fingerprint density at radius 2 is 1.77 bits per heavy atom. The van der Waals surface area contributed by atoms with Gasteiger partial charge in [-0.15, -0.1) is 11.3 Å². The van der Waals surface area contributed by atoms with Gasteiger partial charge in [0.05, 0.1) is 13.0 Å². The average Bonchev–Trinajstić information content (AvgIpc) is 3.20. The van der Waals surface area contributed by atoms with Crippen LogP contribution in [0.4, 0.5) is 0 Å². The lowest BCUT2D eigenvalue weighted by atomic mass is 9.95. The highest BCUT2D eigenvalue weighted by Gasteiger charge is 2.18. The van der Waals surface area contributed by atoms with Gasteiger partial charge in [-0.25, -0.2) is 0 Å². The predicted octanol–water partition coefficient (Wildman–Crippen LogP) is 6.25. The molecule has 2 aromatic carbocycles. The van der Waals surface area contributed by atoms with Gasteiger partial charge < -0.3 is 14.2 Å². The summed E-state index contributed by atoms with van der Waals surface area (Å²) >= 11 is 1.50. The molecule has 0 aliphatic rings. The van der Waals surface area contributed by atoms with Crippen molar-refractivity contribution in [3.8, 4) is 16.2 Å². The van der Waals surface area contributed by atoms with Crippen LogP contribution in [0.1, 0.15) is 41.0 Å². The molecule has 30 heavy (non-hydrogen) atoms. The zero-order valence-electron chi connectivity index (χ0n) is 17.9. The molecule has 0 aliphatic carbocycles. The number of ether oxygens (including phenoxy) is 3. The number of aryl methyl sites for hydroxylation is 2. The number of thiophene rings is 1. The van der Waals surface area contributed by atoms with Crippen LogP contribution in [0.2, 0.25) is 0 Å². The third kappa shape index (κ3) is 5.49. The molecule has 0 N–H and O–H groups in total. The summed E-state index contributed by atoms with van der Waals surface area (Å²) in [5.74, 6) is -0.261. The van der Waals surface area contributed by atoms with Gasteiger partial charge in [0, 0.05) is 12.0 Å². The highest BCUT2D eigenvalue weighted by Crippen LogP contribution is 2.33. The molecule has 5 heteroatoms. The zero-order valence-corrected chi connectivity index (χ0v) is 18.8. The first kappa shape index (κ1) is 22.1. The minimum atomic E-state index is -0.321. The van der Waals surface area contributed by atoms with Crippen molar-refractivity contribution in [3.05, 3.63) is 76.2 Å². The number of carbonyl (C=O) groups excluding carboxylic acids is 1. The summed E-state index contributed by atoms with van der Waals surface area (Å²) in [6, 6.07) is 18.7. The number of hydrogen-bond donors (Lipinski definition) is 0. The van der Waals surface area contributed by atoms with Crippen LogP contribution in [0.3, 0.4) is 0 Å². The van der Waals surface area contributed by atoms with Gasteiger partial charge in [-0.2, -0.15) is 0 Å². The summed E-state index contributed by atoms with van der Waals surface area (Å²) in [5.41, 5.74) is 6.12. The van der Waals surface area contributed by atoms with Gasteiger partial charge in [0.2, 0.25) is 0 Å². The largest absolute Gasteiger partial charge is 0.479 e. The van der Waals surface area contributed by atoms with Gasteiger partial charge in [0.15, 0.2) is 5.06 Å². The molecule has 158 valence electrons. The lowest BCUT2D eigenvalue weighted by Gasteiger charge is -2.12. The lowest BCUT2D eigenvalue weighted by molar-refractivity contribution is -0.145. The molecular formula is C25H28O4S. The maximum absolute atomic E-state index is 11.8. The molecule has 1 aromatic heterocycles. The molecule has 3 rings (SSSR count). The molecule has 1 unspecified atom stereocenters. The Morgan fingerprint density at radius 3 is 2.47 bits per heavy atom. The first-order valence-electron chi connectivity index (χ1n) is 10.1. The number of carbonyl (C=O) groups is 1. The minimum Gasteiger partial charge on any atom is -0.479 e. The van der Waals surface area contributed by atoms with E-state index >= 15 is 0 Å². The van der Waals surface area contributed by atoms with E-state index in [1.165, 1.54) is 33.6 Å². The smallest absolute Gasteiger partial charge is 0.308 e. The van der Waals surface area contributed by atoms with Gasteiger partial charge in [-0.3, -0.25) is 4.79 Å². The monoisotopic (exact) mass is 424 g/mol. The van der Waals surface area contributed by atoms with Gasteiger partial charge >= 0.3 is 5.97 Å². The Balaban J connectivity index is 1.67. The lowest BCUT2D eigenvalue weighted by Crippen LogP contribution is -2.10. The summed E-state index contributed by atoms with van der Waals surface area (Å²) in [7, 11) is 1.60. The van der Waals surface area contributed by atoms with Crippen LogP contribution in [0.5, 0.6) is 5.06 Å². The van der Waals surface area contributed by atoms with E-state index in [-0.39, 0.29) is 18.5 Å². The first-order valence-corrected chi connectivity index (χ1v) is 10.9. The molecule has 0 bridgehead atoms. The molecule has 0 radical (unpaired) electrons. The number of benzene rings is 2. The van der Waals surface area contributed by atoms with Crippen molar-refractivity contribution in [3.63, 3.8) is 0 Å². The fourth-order valence-electron chi connectivity index (χ4n) is 3.50. The third-order valence-corrected chi connectivity index (χ3v) is 6.03. The predicted molar refractivity (Wildman–Crippen MR) is 121 cm³/mol. The molecule has 3 aromatic rings. The summed E-state index contributed by atoms with van der Waals surface area (Å²) < 4.78 is 16.5. The number of esters is 1. The van der Waals surface area contributed by atoms with E-state index in [0.29, 0.717) is 13.2 Å². The standard InChI is InChI=1S/C25H28O4S/c1-5-28-23(26)15-21(27-4)22-12-13-24(30-22)29-16-19-10-7-11-20(14-19)25-17(2)8-6-9-18(25)3/h6-14,21H,5,15-16H2,1-4H3.